The number of esters is 1. The highest BCUT2D eigenvalue weighted by molar-refractivity contribution is 5.69. The van der Waals surface area contributed by atoms with Crippen molar-refractivity contribution in [3.63, 3.8) is 0 Å². The summed E-state index contributed by atoms with van der Waals surface area (Å²) >= 11 is 0. The third-order valence-corrected chi connectivity index (χ3v) is 11.4. The zero-order chi connectivity index (χ0) is 41.4. The van der Waals surface area contributed by atoms with E-state index in [1.807, 2.05) is 0 Å². The molecule has 1 aliphatic rings. The van der Waals surface area contributed by atoms with Crippen LogP contribution in [0.4, 0.5) is 0 Å². The average molecular weight is 813 g/mol. The third kappa shape index (κ3) is 31.5. The fourth-order valence-electron chi connectivity index (χ4n) is 7.61. The molecule has 1 heterocycles. The zero-order valence-electron chi connectivity index (χ0n) is 37.1. The third-order valence-electron chi connectivity index (χ3n) is 11.4. The molecule has 0 spiro atoms. The van der Waals surface area contributed by atoms with Crippen molar-refractivity contribution in [2.75, 3.05) is 26.4 Å². The van der Waals surface area contributed by atoms with Crippen molar-refractivity contribution < 1.29 is 44.2 Å². The molecular formula is C48H92O9. The number of hydrogen-bond donors (Lipinski definition) is 4. The number of ether oxygens (including phenoxy) is 4. The van der Waals surface area contributed by atoms with Crippen LogP contribution in [0.2, 0.25) is 0 Å². The van der Waals surface area contributed by atoms with Gasteiger partial charge in [-0.1, -0.05) is 193 Å². The van der Waals surface area contributed by atoms with Crippen molar-refractivity contribution in [1.82, 2.24) is 0 Å². The van der Waals surface area contributed by atoms with Crippen LogP contribution in [0, 0.1) is 0 Å². The van der Waals surface area contributed by atoms with E-state index < -0.39 is 43.4 Å². The van der Waals surface area contributed by atoms with Gasteiger partial charge in [0.25, 0.3) is 0 Å². The van der Waals surface area contributed by atoms with Gasteiger partial charge >= 0.3 is 5.97 Å². The van der Waals surface area contributed by atoms with Crippen molar-refractivity contribution in [2.24, 2.45) is 0 Å². The number of hydrogen-bond acceptors (Lipinski definition) is 9. The topological polar surface area (TPSA) is 135 Å². The number of carbonyl (C=O) groups is 1. The maximum absolute atomic E-state index is 12.8. The van der Waals surface area contributed by atoms with E-state index in [2.05, 4.69) is 26.0 Å². The number of carbonyl (C=O) groups excluding carboxylic acids is 1. The van der Waals surface area contributed by atoms with Gasteiger partial charge < -0.3 is 39.4 Å². The number of aliphatic hydroxyl groups excluding tert-OH is 4. The van der Waals surface area contributed by atoms with Gasteiger partial charge in [0, 0.05) is 13.0 Å². The van der Waals surface area contributed by atoms with Gasteiger partial charge in [0.05, 0.1) is 19.8 Å². The Kier molecular flexibility index (Phi) is 38.2. The van der Waals surface area contributed by atoms with E-state index in [-0.39, 0.29) is 19.2 Å². The minimum Gasteiger partial charge on any atom is -0.457 e. The fraction of sp³-hybridized carbons (Fsp3) is 0.938. The van der Waals surface area contributed by atoms with Crippen LogP contribution in [0.1, 0.15) is 226 Å². The van der Waals surface area contributed by atoms with Gasteiger partial charge in [-0.3, -0.25) is 4.79 Å². The Balaban J connectivity index is 2.22. The van der Waals surface area contributed by atoms with Crippen molar-refractivity contribution in [1.29, 1.82) is 0 Å². The number of rotatable bonds is 42. The van der Waals surface area contributed by atoms with E-state index in [0.717, 1.165) is 44.9 Å². The smallest absolute Gasteiger partial charge is 0.306 e. The normalized spacial score (nSPS) is 20.4. The molecule has 57 heavy (non-hydrogen) atoms. The lowest BCUT2D eigenvalue weighted by atomic mass is 9.99. The summed E-state index contributed by atoms with van der Waals surface area (Å²) in [6.07, 6.45) is 38.1. The largest absolute Gasteiger partial charge is 0.457 e. The summed E-state index contributed by atoms with van der Waals surface area (Å²) in [4.78, 5) is 12.8. The molecule has 6 atom stereocenters. The van der Waals surface area contributed by atoms with Crippen LogP contribution in [0.15, 0.2) is 12.2 Å². The zero-order valence-corrected chi connectivity index (χ0v) is 37.1. The molecular weight excluding hydrogens is 721 g/mol. The van der Waals surface area contributed by atoms with Crippen LogP contribution in [-0.2, 0) is 23.7 Å². The summed E-state index contributed by atoms with van der Waals surface area (Å²) in [6, 6.07) is 0. The first-order chi connectivity index (χ1) is 27.9. The molecule has 0 amide bonds. The Morgan fingerprint density at radius 2 is 0.965 bits per heavy atom. The number of unbranched alkanes of at least 4 members (excludes halogenated alkanes) is 29. The van der Waals surface area contributed by atoms with Crippen molar-refractivity contribution >= 4 is 5.97 Å². The second kappa shape index (κ2) is 40.3. The lowest BCUT2D eigenvalue weighted by Gasteiger charge is -2.39. The summed E-state index contributed by atoms with van der Waals surface area (Å²) in [6.45, 7) is 4.59. The standard InChI is InChI=1S/C48H92O9/c1-3-5-7-9-11-13-15-17-19-21-22-24-26-28-30-32-34-36-38-54-40-42(41-55-48-47(53)46(52)45(51)43(39-49)57-48)56-44(50)37-35-33-31-29-27-25-23-20-18-16-14-12-10-8-6-4-2/h20,23,42-43,45-49,51-53H,3-19,21-22,24-41H2,1-2H3/b23-20-. The van der Waals surface area contributed by atoms with Crippen LogP contribution in [0.3, 0.4) is 0 Å². The molecule has 0 aliphatic carbocycles. The van der Waals surface area contributed by atoms with Crippen molar-refractivity contribution in [3.8, 4) is 0 Å². The molecule has 0 aromatic heterocycles. The summed E-state index contributed by atoms with van der Waals surface area (Å²) in [7, 11) is 0. The predicted octanol–water partition coefficient (Wildman–Crippen LogP) is 11.2. The summed E-state index contributed by atoms with van der Waals surface area (Å²) in [5.41, 5.74) is 0. The number of aliphatic hydroxyl groups is 4. The molecule has 1 saturated heterocycles. The highest BCUT2D eigenvalue weighted by atomic mass is 16.7. The van der Waals surface area contributed by atoms with E-state index in [1.54, 1.807) is 0 Å². The molecule has 338 valence electrons. The predicted molar refractivity (Wildman–Crippen MR) is 233 cm³/mol. The van der Waals surface area contributed by atoms with Gasteiger partial charge in [0.15, 0.2) is 6.29 Å². The summed E-state index contributed by atoms with van der Waals surface area (Å²) in [5.74, 6) is -0.317. The second-order valence-corrected chi connectivity index (χ2v) is 16.9. The van der Waals surface area contributed by atoms with Crippen molar-refractivity contribution in [3.05, 3.63) is 12.2 Å². The molecule has 9 heteroatoms. The molecule has 6 unspecified atom stereocenters. The Hall–Kier alpha value is -1.07. The molecule has 4 N–H and O–H groups in total. The van der Waals surface area contributed by atoms with Crippen LogP contribution < -0.4 is 0 Å². The van der Waals surface area contributed by atoms with E-state index in [4.69, 9.17) is 18.9 Å². The van der Waals surface area contributed by atoms with Crippen LogP contribution in [0.25, 0.3) is 0 Å². The minimum atomic E-state index is -1.53. The lowest BCUT2D eigenvalue weighted by molar-refractivity contribution is -0.305. The van der Waals surface area contributed by atoms with Gasteiger partial charge in [0.2, 0.25) is 0 Å². The quantitative estimate of drug-likeness (QED) is 0.0270. The van der Waals surface area contributed by atoms with Gasteiger partial charge in [-0.05, 0) is 38.5 Å². The van der Waals surface area contributed by atoms with Gasteiger partial charge in [0.1, 0.15) is 30.5 Å². The van der Waals surface area contributed by atoms with Crippen molar-refractivity contribution in [2.45, 2.75) is 263 Å². The highest BCUT2D eigenvalue weighted by Crippen LogP contribution is 2.23. The molecule has 1 aliphatic heterocycles. The molecule has 0 aromatic rings. The van der Waals surface area contributed by atoms with E-state index in [0.29, 0.717) is 13.0 Å². The number of allylic oxidation sites excluding steroid dienone is 2. The molecule has 0 radical (unpaired) electrons. The minimum absolute atomic E-state index is 0.111. The van der Waals surface area contributed by atoms with E-state index in [9.17, 15) is 25.2 Å². The average Bonchev–Trinajstić information content (AvgIpc) is 3.21. The van der Waals surface area contributed by atoms with E-state index in [1.165, 1.54) is 161 Å². The first-order valence-corrected chi connectivity index (χ1v) is 24.3. The van der Waals surface area contributed by atoms with Crippen LogP contribution >= 0.6 is 0 Å². The molecule has 9 nitrogen and oxygen atoms in total. The SMILES string of the molecule is CCCCCCCCC/C=C\CCCCCCCC(=O)OC(COCCCCCCCCCCCCCCCCCCCC)COC1OC(CO)C(O)C(O)C1O. The van der Waals surface area contributed by atoms with E-state index >= 15 is 0 Å². The van der Waals surface area contributed by atoms with Gasteiger partial charge in [-0.25, -0.2) is 0 Å². The van der Waals surface area contributed by atoms with Crippen LogP contribution in [0.5, 0.6) is 0 Å². The Morgan fingerprint density at radius 1 is 0.544 bits per heavy atom. The first kappa shape index (κ1) is 53.9. The Morgan fingerprint density at radius 3 is 1.42 bits per heavy atom. The summed E-state index contributed by atoms with van der Waals surface area (Å²) in [5, 5.41) is 40.2. The molecule has 0 saturated carbocycles. The molecule has 0 bridgehead atoms. The lowest BCUT2D eigenvalue weighted by Crippen LogP contribution is -2.59. The fourth-order valence-corrected chi connectivity index (χ4v) is 7.61. The Bertz CT molecular complexity index is 884. The summed E-state index contributed by atoms with van der Waals surface area (Å²) < 4.78 is 22.9. The highest BCUT2D eigenvalue weighted by Gasteiger charge is 2.44. The first-order valence-electron chi connectivity index (χ1n) is 24.3. The van der Waals surface area contributed by atoms with Gasteiger partial charge in [-0.15, -0.1) is 0 Å². The monoisotopic (exact) mass is 813 g/mol. The molecule has 0 aromatic carbocycles. The molecule has 1 fully saturated rings. The Labute approximate surface area is 350 Å². The van der Waals surface area contributed by atoms with Crippen LogP contribution in [-0.4, -0.2) is 89.6 Å². The van der Waals surface area contributed by atoms with Gasteiger partial charge in [-0.2, -0.15) is 0 Å². The second-order valence-electron chi connectivity index (χ2n) is 16.9. The molecule has 1 rings (SSSR count). The maximum atomic E-state index is 12.8. The maximum Gasteiger partial charge on any atom is 0.306 e.